The highest BCUT2D eigenvalue weighted by molar-refractivity contribution is 5.83. The number of carboxylic acid groups (broad SMARTS) is 1. The quantitative estimate of drug-likeness (QED) is 0.844. The smallest absolute Gasteiger partial charge is 0.471 e. The van der Waals surface area contributed by atoms with Gasteiger partial charge in [-0.05, 0) is 32.6 Å². The van der Waals surface area contributed by atoms with Crippen molar-refractivity contribution in [3.8, 4) is 0 Å². The van der Waals surface area contributed by atoms with E-state index in [1.807, 2.05) is 6.92 Å². The van der Waals surface area contributed by atoms with E-state index >= 15 is 0 Å². The Hall–Kier alpha value is -1.27. The van der Waals surface area contributed by atoms with Crippen LogP contribution in [0.25, 0.3) is 0 Å². The average molecular weight is 281 g/mol. The first-order chi connectivity index (χ1) is 8.48. The fraction of sp³-hybridized carbons (Fsp3) is 0.833. The number of rotatable bonds is 2. The molecule has 1 fully saturated rings. The molecule has 1 aliphatic heterocycles. The van der Waals surface area contributed by atoms with Crippen molar-refractivity contribution in [2.75, 3.05) is 6.54 Å². The number of likely N-dealkylation sites (tertiary alicyclic amines) is 1. The zero-order valence-corrected chi connectivity index (χ0v) is 11.1. The van der Waals surface area contributed by atoms with Crippen LogP contribution in [0.4, 0.5) is 13.2 Å². The van der Waals surface area contributed by atoms with Gasteiger partial charge in [-0.3, -0.25) is 9.59 Å². The van der Waals surface area contributed by atoms with E-state index in [-0.39, 0.29) is 18.9 Å². The number of carbonyl (C=O) groups excluding carboxylic acids is 1. The third kappa shape index (κ3) is 3.19. The van der Waals surface area contributed by atoms with Crippen molar-refractivity contribution in [3.05, 3.63) is 0 Å². The fourth-order valence-electron chi connectivity index (χ4n) is 2.37. The maximum Gasteiger partial charge on any atom is 0.471 e. The summed E-state index contributed by atoms with van der Waals surface area (Å²) in [5.41, 5.74) is -1.41. The van der Waals surface area contributed by atoms with E-state index in [9.17, 15) is 22.8 Å². The molecule has 0 saturated carbocycles. The third-order valence-corrected chi connectivity index (χ3v) is 3.75. The Balaban J connectivity index is 3.07. The normalized spacial score (nSPS) is 25.3. The van der Waals surface area contributed by atoms with Crippen LogP contribution in [-0.4, -0.2) is 40.6 Å². The Kier molecular flexibility index (Phi) is 4.17. The molecule has 2 atom stereocenters. The van der Waals surface area contributed by atoms with Gasteiger partial charge in [-0.2, -0.15) is 13.2 Å². The van der Waals surface area contributed by atoms with Crippen LogP contribution in [0.15, 0.2) is 0 Å². The Bertz CT molecular complexity index is 379. The van der Waals surface area contributed by atoms with Crippen LogP contribution in [0.1, 0.15) is 33.6 Å². The summed E-state index contributed by atoms with van der Waals surface area (Å²) in [5.74, 6) is -3.05. The second-order valence-corrected chi connectivity index (χ2v) is 5.67. The molecule has 110 valence electrons. The molecule has 0 radical (unpaired) electrons. The molecule has 0 aromatic carbocycles. The van der Waals surface area contributed by atoms with Gasteiger partial charge in [0.1, 0.15) is 0 Å². The summed E-state index contributed by atoms with van der Waals surface area (Å²) in [6.45, 7) is 4.50. The van der Waals surface area contributed by atoms with Crippen molar-refractivity contribution in [2.45, 2.75) is 45.8 Å². The van der Waals surface area contributed by atoms with Gasteiger partial charge in [0.15, 0.2) is 0 Å². The van der Waals surface area contributed by atoms with Gasteiger partial charge in [-0.1, -0.05) is 6.92 Å². The minimum atomic E-state index is -4.96. The van der Waals surface area contributed by atoms with Crippen LogP contribution in [0.2, 0.25) is 0 Å². The standard InChI is InChI=1S/C12H18F3NO3/c1-7-4-5-16(9(17)12(13,14)15)8(6-7)11(2,3)10(18)19/h7-8H,4-6H2,1-3H3,(H,18,19)/t7-,8+/m1/s1. The van der Waals surface area contributed by atoms with Gasteiger partial charge in [0, 0.05) is 12.6 Å². The molecule has 4 nitrogen and oxygen atoms in total. The minimum absolute atomic E-state index is 0.0547. The van der Waals surface area contributed by atoms with Gasteiger partial charge in [0.05, 0.1) is 5.41 Å². The van der Waals surface area contributed by atoms with Crippen molar-refractivity contribution in [2.24, 2.45) is 11.3 Å². The summed E-state index contributed by atoms with van der Waals surface area (Å²) in [7, 11) is 0. The number of hydrogen-bond donors (Lipinski definition) is 1. The van der Waals surface area contributed by atoms with Gasteiger partial charge >= 0.3 is 18.1 Å². The van der Waals surface area contributed by atoms with Crippen LogP contribution in [0.3, 0.4) is 0 Å². The van der Waals surface area contributed by atoms with E-state index < -0.39 is 29.5 Å². The third-order valence-electron chi connectivity index (χ3n) is 3.75. The fourth-order valence-corrected chi connectivity index (χ4v) is 2.37. The molecule has 0 aromatic rings. The van der Waals surface area contributed by atoms with Crippen molar-refractivity contribution < 1.29 is 27.9 Å². The van der Waals surface area contributed by atoms with Crippen molar-refractivity contribution in [1.29, 1.82) is 0 Å². The number of aliphatic carboxylic acids is 1. The molecule has 0 aliphatic carbocycles. The average Bonchev–Trinajstić information content (AvgIpc) is 2.26. The summed E-state index contributed by atoms with van der Waals surface area (Å²) in [6.07, 6.45) is -4.25. The zero-order valence-electron chi connectivity index (χ0n) is 11.1. The van der Waals surface area contributed by atoms with Crippen LogP contribution in [0, 0.1) is 11.3 Å². The SMILES string of the molecule is C[C@@H]1CCN(C(=O)C(F)(F)F)[C@H](C(C)(C)C(=O)O)C1. The highest BCUT2D eigenvalue weighted by Crippen LogP contribution is 2.37. The molecule has 1 heterocycles. The van der Waals surface area contributed by atoms with Crippen molar-refractivity contribution in [1.82, 2.24) is 4.90 Å². The number of carboxylic acids is 1. The number of nitrogens with zero attached hydrogens (tertiary/aromatic N) is 1. The number of piperidine rings is 1. The van der Waals surface area contributed by atoms with Gasteiger partial charge in [-0.25, -0.2) is 0 Å². The molecule has 1 rings (SSSR count). The van der Waals surface area contributed by atoms with Crippen molar-refractivity contribution in [3.63, 3.8) is 0 Å². The van der Waals surface area contributed by atoms with Crippen LogP contribution >= 0.6 is 0 Å². The van der Waals surface area contributed by atoms with E-state index in [4.69, 9.17) is 5.11 Å². The number of amides is 1. The first-order valence-corrected chi connectivity index (χ1v) is 6.09. The van der Waals surface area contributed by atoms with E-state index in [0.717, 1.165) is 0 Å². The Morgan fingerprint density at radius 2 is 1.79 bits per heavy atom. The summed E-state index contributed by atoms with van der Waals surface area (Å²) >= 11 is 0. The lowest BCUT2D eigenvalue weighted by Gasteiger charge is -2.44. The first kappa shape index (κ1) is 15.8. The number of halogens is 3. The zero-order chi connectivity index (χ0) is 15.0. The Morgan fingerprint density at radius 1 is 1.26 bits per heavy atom. The minimum Gasteiger partial charge on any atom is -0.481 e. The number of carbonyl (C=O) groups is 2. The summed E-state index contributed by atoms with van der Waals surface area (Å²) in [6, 6.07) is -0.942. The largest absolute Gasteiger partial charge is 0.481 e. The van der Waals surface area contributed by atoms with Crippen LogP contribution in [0.5, 0.6) is 0 Å². The second-order valence-electron chi connectivity index (χ2n) is 5.67. The van der Waals surface area contributed by atoms with E-state index in [2.05, 4.69) is 0 Å². The highest BCUT2D eigenvalue weighted by atomic mass is 19.4. The van der Waals surface area contributed by atoms with Gasteiger partial charge in [0.25, 0.3) is 0 Å². The molecule has 19 heavy (non-hydrogen) atoms. The summed E-state index contributed by atoms with van der Waals surface area (Å²) < 4.78 is 37.7. The molecular formula is C12H18F3NO3. The molecule has 1 N–H and O–H groups in total. The molecule has 1 saturated heterocycles. The number of alkyl halides is 3. The molecule has 0 aromatic heterocycles. The van der Waals surface area contributed by atoms with Gasteiger partial charge < -0.3 is 10.0 Å². The van der Waals surface area contributed by atoms with Crippen LogP contribution in [-0.2, 0) is 9.59 Å². The Labute approximate surface area is 109 Å². The monoisotopic (exact) mass is 281 g/mol. The molecule has 0 unspecified atom stereocenters. The Morgan fingerprint density at radius 3 is 2.21 bits per heavy atom. The maximum absolute atomic E-state index is 12.6. The highest BCUT2D eigenvalue weighted by Gasteiger charge is 2.51. The molecule has 0 bridgehead atoms. The molecule has 0 spiro atoms. The summed E-state index contributed by atoms with van der Waals surface area (Å²) in [5, 5.41) is 9.16. The first-order valence-electron chi connectivity index (χ1n) is 6.09. The van der Waals surface area contributed by atoms with Gasteiger partial charge in [-0.15, -0.1) is 0 Å². The molecule has 7 heteroatoms. The lowest BCUT2D eigenvalue weighted by molar-refractivity contribution is -0.194. The summed E-state index contributed by atoms with van der Waals surface area (Å²) in [4.78, 5) is 23.3. The predicted octanol–water partition coefficient (Wildman–Crippen LogP) is 2.29. The van der Waals surface area contributed by atoms with E-state index in [1.165, 1.54) is 13.8 Å². The predicted molar refractivity (Wildman–Crippen MR) is 61.4 cm³/mol. The number of hydrogen-bond acceptors (Lipinski definition) is 2. The van der Waals surface area contributed by atoms with Gasteiger partial charge in [0.2, 0.25) is 0 Å². The van der Waals surface area contributed by atoms with E-state index in [0.29, 0.717) is 11.3 Å². The molecule has 1 aliphatic rings. The topological polar surface area (TPSA) is 57.6 Å². The van der Waals surface area contributed by atoms with Crippen LogP contribution < -0.4 is 0 Å². The second kappa shape index (κ2) is 5.02. The lowest BCUT2D eigenvalue weighted by atomic mass is 9.76. The lowest BCUT2D eigenvalue weighted by Crippen LogP contribution is -2.57. The maximum atomic E-state index is 12.6. The van der Waals surface area contributed by atoms with E-state index in [1.54, 1.807) is 0 Å². The molecular weight excluding hydrogens is 263 g/mol. The molecule has 1 amide bonds. The van der Waals surface area contributed by atoms with Crippen molar-refractivity contribution >= 4 is 11.9 Å².